The van der Waals surface area contributed by atoms with Crippen molar-refractivity contribution >= 4 is 35.1 Å². The van der Waals surface area contributed by atoms with Gasteiger partial charge in [-0.1, -0.05) is 23.7 Å². The first kappa shape index (κ1) is 16.0. The van der Waals surface area contributed by atoms with Gasteiger partial charge in [-0.25, -0.2) is 0 Å². The van der Waals surface area contributed by atoms with E-state index in [0.717, 1.165) is 40.9 Å². The van der Waals surface area contributed by atoms with Crippen LogP contribution >= 0.6 is 35.1 Å². The molecule has 2 aliphatic rings. The van der Waals surface area contributed by atoms with Crippen LogP contribution in [0.5, 0.6) is 0 Å². The van der Waals surface area contributed by atoms with Crippen molar-refractivity contribution in [3.05, 3.63) is 29.3 Å². The molecule has 1 spiro atoms. The van der Waals surface area contributed by atoms with E-state index in [4.69, 9.17) is 22.1 Å². The van der Waals surface area contributed by atoms with Gasteiger partial charge in [0.15, 0.2) is 0 Å². The van der Waals surface area contributed by atoms with E-state index in [-0.39, 0.29) is 11.6 Å². The molecule has 116 valence electrons. The molecule has 3 atom stereocenters. The Morgan fingerprint density at radius 2 is 2.33 bits per heavy atom. The molecular formula is C16H22ClNOS2. The highest BCUT2D eigenvalue weighted by Crippen LogP contribution is 2.41. The maximum Gasteiger partial charge on any atom is 0.0783 e. The average Bonchev–Trinajstić information content (AvgIpc) is 2.94. The number of hydrogen-bond donors (Lipinski definition) is 1. The molecule has 0 aliphatic carbocycles. The third-order valence-electron chi connectivity index (χ3n) is 4.47. The zero-order chi connectivity index (χ0) is 14.7. The Bertz CT molecular complexity index is 479. The van der Waals surface area contributed by atoms with Gasteiger partial charge >= 0.3 is 0 Å². The summed E-state index contributed by atoms with van der Waals surface area (Å²) >= 11 is 10.0. The minimum atomic E-state index is 0.125. The summed E-state index contributed by atoms with van der Waals surface area (Å²) in [5, 5.41) is 0.824. The fraction of sp³-hybridized carbons (Fsp3) is 0.625. The lowest BCUT2D eigenvalue weighted by Gasteiger charge is -2.40. The van der Waals surface area contributed by atoms with Gasteiger partial charge in [0, 0.05) is 29.0 Å². The molecule has 2 N–H and O–H groups in total. The Hall–Kier alpha value is 0.130. The molecule has 2 aliphatic heterocycles. The molecular weight excluding hydrogens is 322 g/mol. The Kier molecular flexibility index (Phi) is 5.44. The molecule has 0 amide bonds. The molecule has 1 aromatic rings. The van der Waals surface area contributed by atoms with Crippen molar-refractivity contribution in [3.63, 3.8) is 0 Å². The summed E-state index contributed by atoms with van der Waals surface area (Å²) in [6, 6.07) is 8.22. The van der Waals surface area contributed by atoms with Gasteiger partial charge in [0.25, 0.3) is 0 Å². The van der Waals surface area contributed by atoms with Crippen LogP contribution in [-0.4, -0.2) is 35.5 Å². The van der Waals surface area contributed by atoms with Crippen molar-refractivity contribution in [2.75, 3.05) is 23.9 Å². The summed E-state index contributed by atoms with van der Waals surface area (Å²) < 4.78 is 6.08. The number of hydrogen-bond acceptors (Lipinski definition) is 4. The van der Waals surface area contributed by atoms with Gasteiger partial charge in [0.2, 0.25) is 0 Å². The Morgan fingerprint density at radius 1 is 1.48 bits per heavy atom. The first-order valence-electron chi connectivity index (χ1n) is 7.53. The molecule has 0 aromatic heterocycles. The molecule has 0 bridgehead atoms. The van der Waals surface area contributed by atoms with Crippen LogP contribution in [0.2, 0.25) is 5.02 Å². The minimum absolute atomic E-state index is 0.125. The third-order valence-corrected chi connectivity index (χ3v) is 7.35. The predicted molar refractivity (Wildman–Crippen MR) is 93.5 cm³/mol. The van der Waals surface area contributed by atoms with E-state index in [2.05, 4.69) is 6.07 Å². The largest absolute Gasteiger partial charge is 0.374 e. The summed E-state index contributed by atoms with van der Waals surface area (Å²) in [6.45, 7) is 0.871. The maximum atomic E-state index is 6.47. The highest BCUT2D eigenvalue weighted by Gasteiger charge is 2.41. The lowest BCUT2D eigenvalue weighted by atomic mass is 9.82. The fourth-order valence-electron chi connectivity index (χ4n) is 3.18. The van der Waals surface area contributed by atoms with E-state index < -0.39 is 0 Å². The smallest absolute Gasteiger partial charge is 0.0783 e. The zero-order valence-corrected chi connectivity index (χ0v) is 14.5. The number of thioether (sulfide) groups is 2. The molecule has 2 nitrogen and oxygen atoms in total. The van der Waals surface area contributed by atoms with Gasteiger partial charge in [-0.05, 0) is 43.1 Å². The van der Waals surface area contributed by atoms with Crippen molar-refractivity contribution in [1.82, 2.24) is 0 Å². The lowest BCUT2D eigenvalue weighted by molar-refractivity contribution is -0.0820. The molecule has 2 heterocycles. The van der Waals surface area contributed by atoms with E-state index in [0.29, 0.717) is 5.92 Å². The Labute approximate surface area is 140 Å². The van der Waals surface area contributed by atoms with Gasteiger partial charge in [-0.15, -0.1) is 11.8 Å². The standard InChI is InChI=1S/C16H22ClNOS2/c17-13-3-1-2-4-15(13)21-10-14(18)12-5-7-19-16(9-12)6-8-20-11-16/h1-4,12,14H,5-11,18H2. The summed E-state index contributed by atoms with van der Waals surface area (Å²) in [5.41, 5.74) is 6.60. The van der Waals surface area contributed by atoms with E-state index in [1.807, 2.05) is 30.0 Å². The van der Waals surface area contributed by atoms with Crippen molar-refractivity contribution in [1.29, 1.82) is 0 Å². The fourth-order valence-corrected chi connectivity index (χ4v) is 5.88. The SMILES string of the molecule is NC(CSc1ccccc1Cl)C1CCOC2(CCSC2)C1. The van der Waals surface area contributed by atoms with E-state index in [1.165, 1.54) is 12.2 Å². The quantitative estimate of drug-likeness (QED) is 0.836. The predicted octanol–water partition coefficient (Wildman–Crippen LogP) is 4.06. The van der Waals surface area contributed by atoms with E-state index in [1.54, 1.807) is 11.8 Å². The summed E-state index contributed by atoms with van der Waals surface area (Å²) in [5.74, 6) is 3.88. The van der Waals surface area contributed by atoms with Crippen molar-refractivity contribution in [2.24, 2.45) is 11.7 Å². The van der Waals surface area contributed by atoms with Crippen molar-refractivity contribution < 1.29 is 4.74 Å². The Balaban J connectivity index is 1.55. The highest BCUT2D eigenvalue weighted by atomic mass is 35.5. The van der Waals surface area contributed by atoms with Crippen LogP contribution in [0.15, 0.2) is 29.2 Å². The van der Waals surface area contributed by atoms with E-state index >= 15 is 0 Å². The summed E-state index contributed by atoms with van der Waals surface area (Å²) in [6.07, 6.45) is 3.42. The van der Waals surface area contributed by atoms with E-state index in [9.17, 15) is 0 Å². The molecule has 1 aromatic carbocycles. The number of benzene rings is 1. The van der Waals surface area contributed by atoms with Crippen LogP contribution in [0.25, 0.3) is 0 Å². The molecule has 3 rings (SSSR count). The van der Waals surface area contributed by atoms with Crippen molar-refractivity contribution in [3.8, 4) is 0 Å². The first-order valence-corrected chi connectivity index (χ1v) is 10.0. The molecule has 2 saturated heterocycles. The van der Waals surface area contributed by atoms with Gasteiger partial charge in [0.1, 0.15) is 0 Å². The monoisotopic (exact) mass is 343 g/mol. The summed E-state index contributed by atoms with van der Waals surface area (Å²) in [7, 11) is 0. The molecule has 3 unspecified atom stereocenters. The van der Waals surface area contributed by atoms with Gasteiger partial charge in [-0.2, -0.15) is 11.8 Å². The average molecular weight is 344 g/mol. The van der Waals surface area contributed by atoms with Crippen LogP contribution in [0.1, 0.15) is 19.3 Å². The molecule has 2 fully saturated rings. The minimum Gasteiger partial charge on any atom is -0.374 e. The second-order valence-corrected chi connectivity index (χ2v) is 8.57. The number of rotatable bonds is 4. The Morgan fingerprint density at radius 3 is 3.10 bits per heavy atom. The number of halogens is 1. The highest BCUT2D eigenvalue weighted by molar-refractivity contribution is 7.99. The number of nitrogens with two attached hydrogens (primary N) is 1. The number of ether oxygens (including phenoxy) is 1. The van der Waals surface area contributed by atoms with Crippen LogP contribution in [-0.2, 0) is 4.74 Å². The second kappa shape index (κ2) is 7.14. The van der Waals surface area contributed by atoms with Gasteiger partial charge in [-0.3, -0.25) is 0 Å². The first-order chi connectivity index (χ1) is 10.2. The maximum absolute atomic E-state index is 6.47. The van der Waals surface area contributed by atoms with Crippen LogP contribution in [0.4, 0.5) is 0 Å². The van der Waals surface area contributed by atoms with Crippen LogP contribution in [0.3, 0.4) is 0 Å². The van der Waals surface area contributed by atoms with Crippen molar-refractivity contribution in [2.45, 2.75) is 35.8 Å². The normalized spacial score (nSPS) is 30.7. The molecule has 5 heteroatoms. The topological polar surface area (TPSA) is 35.2 Å². The third kappa shape index (κ3) is 3.91. The van der Waals surface area contributed by atoms with Crippen LogP contribution in [0, 0.1) is 5.92 Å². The van der Waals surface area contributed by atoms with Gasteiger partial charge < -0.3 is 10.5 Å². The lowest BCUT2D eigenvalue weighted by Crippen LogP contribution is -2.46. The second-order valence-electron chi connectivity index (χ2n) is 5.99. The molecule has 0 radical (unpaired) electrons. The van der Waals surface area contributed by atoms with Gasteiger partial charge in [0.05, 0.1) is 10.6 Å². The van der Waals surface area contributed by atoms with Crippen LogP contribution < -0.4 is 5.73 Å². The molecule has 21 heavy (non-hydrogen) atoms. The molecule has 0 saturated carbocycles. The zero-order valence-electron chi connectivity index (χ0n) is 12.1. The summed E-state index contributed by atoms with van der Waals surface area (Å²) in [4.78, 5) is 1.13.